The monoisotopic (exact) mass is 343 g/mol. The van der Waals surface area contributed by atoms with Crippen LogP contribution in [0.1, 0.15) is 13.8 Å². The average molecular weight is 343 g/mol. The summed E-state index contributed by atoms with van der Waals surface area (Å²) >= 11 is 0. The number of nitrogens with one attached hydrogen (secondary N) is 2. The molecule has 0 radical (unpaired) electrons. The molecule has 140 valence electrons. The summed E-state index contributed by atoms with van der Waals surface area (Å²) in [5, 5.41) is 15.3. The van der Waals surface area contributed by atoms with Crippen LogP contribution in [0.2, 0.25) is 0 Å². The van der Waals surface area contributed by atoms with E-state index in [0.29, 0.717) is 26.2 Å². The van der Waals surface area contributed by atoms with Gasteiger partial charge in [0.1, 0.15) is 0 Å². The lowest BCUT2D eigenvalue weighted by Gasteiger charge is -2.36. The molecule has 1 heterocycles. The third kappa shape index (κ3) is 7.94. The number of carbonyl (C=O) groups excluding carboxylic acids is 1. The fourth-order valence-corrected chi connectivity index (χ4v) is 2.40. The smallest absolute Gasteiger partial charge is 0.234 e. The van der Waals surface area contributed by atoms with Crippen LogP contribution >= 0.6 is 0 Å². The van der Waals surface area contributed by atoms with Crippen molar-refractivity contribution in [2.45, 2.75) is 13.8 Å². The van der Waals surface area contributed by atoms with Gasteiger partial charge in [-0.1, -0.05) is 6.92 Å². The second kappa shape index (κ2) is 12.0. The van der Waals surface area contributed by atoms with E-state index in [1.807, 2.05) is 13.8 Å². The summed E-state index contributed by atoms with van der Waals surface area (Å²) in [5.41, 5.74) is 0. The Kier molecular flexibility index (Phi) is 10.4. The van der Waals surface area contributed by atoms with Gasteiger partial charge in [-0.3, -0.25) is 14.7 Å². The second-order valence-electron chi connectivity index (χ2n) is 6.09. The zero-order valence-electron chi connectivity index (χ0n) is 15.3. The number of nitrogens with zero attached hydrogens (tertiary/aromatic N) is 3. The molecule has 3 N–H and O–H groups in total. The average Bonchev–Trinajstić information content (AvgIpc) is 2.59. The first kappa shape index (κ1) is 20.7. The minimum absolute atomic E-state index is 0.0397. The molecule has 8 nitrogen and oxygen atoms in total. The van der Waals surface area contributed by atoms with E-state index in [-0.39, 0.29) is 18.4 Å². The van der Waals surface area contributed by atoms with Crippen LogP contribution in [0.5, 0.6) is 0 Å². The van der Waals surface area contributed by atoms with Gasteiger partial charge in [0.25, 0.3) is 0 Å². The van der Waals surface area contributed by atoms with Gasteiger partial charge in [0.05, 0.1) is 13.2 Å². The number of ether oxygens (including phenoxy) is 1. The standard InChI is InChI=1S/C16H33N5O3/c1-4-17-16(19-11-14(2)13-22)21-8-6-20(7-9-21)12-15(23)18-5-10-24-3/h14,22H,4-13H2,1-3H3,(H,17,19)(H,18,23). The molecule has 0 aromatic heterocycles. The van der Waals surface area contributed by atoms with Crippen LogP contribution in [-0.2, 0) is 9.53 Å². The van der Waals surface area contributed by atoms with E-state index >= 15 is 0 Å². The van der Waals surface area contributed by atoms with Crippen LogP contribution in [0.25, 0.3) is 0 Å². The molecule has 1 rings (SSSR count). The summed E-state index contributed by atoms with van der Waals surface area (Å²) in [6.45, 7) is 10.4. The lowest BCUT2D eigenvalue weighted by Crippen LogP contribution is -2.54. The summed E-state index contributed by atoms with van der Waals surface area (Å²) in [6.07, 6.45) is 0. The third-order valence-electron chi connectivity index (χ3n) is 3.87. The first-order valence-corrected chi connectivity index (χ1v) is 8.72. The first-order chi connectivity index (χ1) is 11.6. The Morgan fingerprint density at radius 3 is 2.58 bits per heavy atom. The summed E-state index contributed by atoms with van der Waals surface area (Å²) in [7, 11) is 1.62. The number of hydrogen-bond acceptors (Lipinski definition) is 5. The molecule has 0 bridgehead atoms. The van der Waals surface area contributed by atoms with Crippen molar-refractivity contribution in [2.75, 3.05) is 72.7 Å². The number of piperazine rings is 1. The maximum Gasteiger partial charge on any atom is 0.234 e. The highest BCUT2D eigenvalue weighted by Gasteiger charge is 2.21. The molecular weight excluding hydrogens is 310 g/mol. The quantitative estimate of drug-likeness (QED) is 0.282. The van der Waals surface area contributed by atoms with Crippen LogP contribution in [0.15, 0.2) is 4.99 Å². The predicted octanol–water partition coefficient (Wildman–Crippen LogP) is -1.04. The number of aliphatic hydroxyl groups is 1. The lowest BCUT2D eigenvalue weighted by atomic mass is 10.2. The van der Waals surface area contributed by atoms with Gasteiger partial charge in [-0.25, -0.2) is 0 Å². The van der Waals surface area contributed by atoms with Crippen LogP contribution in [0.3, 0.4) is 0 Å². The maximum atomic E-state index is 11.8. The molecular formula is C16H33N5O3. The molecule has 24 heavy (non-hydrogen) atoms. The number of aliphatic hydroxyl groups excluding tert-OH is 1. The lowest BCUT2D eigenvalue weighted by molar-refractivity contribution is -0.122. The normalized spacial score (nSPS) is 17.7. The zero-order valence-corrected chi connectivity index (χ0v) is 15.3. The molecule has 0 aliphatic carbocycles. The Morgan fingerprint density at radius 2 is 2.00 bits per heavy atom. The predicted molar refractivity (Wildman–Crippen MR) is 95.1 cm³/mol. The SMILES string of the molecule is CCNC(=NCC(C)CO)N1CCN(CC(=O)NCCOC)CC1. The van der Waals surface area contributed by atoms with Crippen molar-refractivity contribution in [1.82, 2.24) is 20.4 Å². The van der Waals surface area contributed by atoms with Gasteiger partial charge in [0.2, 0.25) is 5.91 Å². The van der Waals surface area contributed by atoms with Gasteiger partial charge in [-0.15, -0.1) is 0 Å². The highest BCUT2D eigenvalue weighted by atomic mass is 16.5. The topological polar surface area (TPSA) is 89.4 Å². The highest BCUT2D eigenvalue weighted by molar-refractivity contribution is 5.80. The van der Waals surface area contributed by atoms with Gasteiger partial charge in [0.15, 0.2) is 5.96 Å². The van der Waals surface area contributed by atoms with E-state index < -0.39 is 0 Å². The molecule has 1 amide bonds. The number of guanidine groups is 1. The van der Waals surface area contributed by atoms with Crippen LogP contribution in [0.4, 0.5) is 0 Å². The van der Waals surface area contributed by atoms with Crippen molar-refractivity contribution in [2.24, 2.45) is 10.9 Å². The molecule has 1 unspecified atom stereocenters. The van der Waals surface area contributed by atoms with Crippen molar-refractivity contribution in [1.29, 1.82) is 0 Å². The van der Waals surface area contributed by atoms with E-state index in [4.69, 9.17) is 9.84 Å². The molecule has 0 aromatic carbocycles. The summed E-state index contributed by atoms with van der Waals surface area (Å²) in [5.74, 6) is 1.09. The maximum absolute atomic E-state index is 11.8. The Balaban J connectivity index is 2.39. The number of methoxy groups -OCH3 is 1. The Labute approximate surface area is 145 Å². The van der Waals surface area contributed by atoms with E-state index in [2.05, 4.69) is 25.4 Å². The number of hydrogen-bond donors (Lipinski definition) is 3. The van der Waals surface area contributed by atoms with E-state index in [1.54, 1.807) is 7.11 Å². The highest BCUT2D eigenvalue weighted by Crippen LogP contribution is 2.03. The zero-order chi connectivity index (χ0) is 17.8. The largest absolute Gasteiger partial charge is 0.396 e. The summed E-state index contributed by atoms with van der Waals surface area (Å²) in [6, 6.07) is 0. The van der Waals surface area contributed by atoms with E-state index in [0.717, 1.165) is 38.7 Å². The van der Waals surface area contributed by atoms with Crippen LogP contribution in [-0.4, -0.2) is 99.5 Å². The Bertz CT molecular complexity index is 384. The van der Waals surface area contributed by atoms with Gasteiger partial charge < -0.3 is 25.4 Å². The molecule has 1 aliphatic rings. The second-order valence-corrected chi connectivity index (χ2v) is 6.09. The number of amides is 1. The van der Waals surface area contributed by atoms with Gasteiger partial charge >= 0.3 is 0 Å². The molecule has 1 atom stereocenters. The Morgan fingerprint density at radius 1 is 1.29 bits per heavy atom. The fraction of sp³-hybridized carbons (Fsp3) is 0.875. The van der Waals surface area contributed by atoms with Crippen LogP contribution < -0.4 is 10.6 Å². The number of rotatable bonds is 9. The fourth-order valence-electron chi connectivity index (χ4n) is 2.40. The number of aliphatic imine (C=N–C) groups is 1. The van der Waals surface area contributed by atoms with Crippen molar-refractivity contribution in [3.63, 3.8) is 0 Å². The van der Waals surface area contributed by atoms with E-state index in [9.17, 15) is 4.79 Å². The molecule has 0 spiro atoms. The summed E-state index contributed by atoms with van der Waals surface area (Å²) < 4.78 is 4.92. The van der Waals surface area contributed by atoms with Gasteiger partial charge in [-0.2, -0.15) is 0 Å². The van der Waals surface area contributed by atoms with Gasteiger partial charge in [0, 0.05) is 59.5 Å². The van der Waals surface area contributed by atoms with Gasteiger partial charge in [-0.05, 0) is 12.8 Å². The third-order valence-corrected chi connectivity index (χ3v) is 3.87. The molecule has 1 aliphatic heterocycles. The van der Waals surface area contributed by atoms with Crippen molar-refractivity contribution in [3.8, 4) is 0 Å². The van der Waals surface area contributed by atoms with E-state index in [1.165, 1.54) is 0 Å². The molecule has 0 saturated carbocycles. The first-order valence-electron chi connectivity index (χ1n) is 8.72. The Hall–Kier alpha value is -1.38. The summed E-state index contributed by atoms with van der Waals surface area (Å²) in [4.78, 5) is 20.8. The number of carbonyl (C=O) groups is 1. The molecule has 1 saturated heterocycles. The molecule has 1 fully saturated rings. The minimum Gasteiger partial charge on any atom is -0.396 e. The van der Waals surface area contributed by atoms with Crippen LogP contribution in [0, 0.1) is 5.92 Å². The molecule has 8 heteroatoms. The van der Waals surface area contributed by atoms with Crippen molar-refractivity contribution < 1.29 is 14.6 Å². The molecule has 0 aromatic rings. The van der Waals surface area contributed by atoms with Crippen molar-refractivity contribution in [3.05, 3.63) is 0 Å². The van der Waals surface area contributed by atoms with Crippen molar-refractivity contribution >= 4 is 11.9 Å². The minimum atomic E-state index is 0.0397.